The van der Waals surface area contributed by atoms with Crippen molar-refractivity contribution in [1.29, 1.82) is 0 Å². The SMILES string of the molecule is O=C(COc1c(Br)cc(C=Nn2c(=O)[nH]c3ccccc3c2=O)cc1Br)Nc1ccc(Cl)cc1. The van der Waals surface area contributed by atoms with Crippen molar-refractivity contribution < 1.29 is 9.53 Å². The van der Waals surface area contributed by atoms with Crippen molar-refractivity contribution in [2.24, 2.45) is 5.10 Å². The fourth-order valence-electron chi connectivity index (χ4n) is 3.04. The van der Waals surface area contributed by atoms with Gasteiger partial charge < -0.3 is 15.0 Å². The Balaban J connectivity index is 1.49. The van der Waals surface area contributed by atoms with Crippen LogP contribution in [0.5, 0.6) is 5.75 Å². The van der Waals surface area contributed by atoms with Crippen molar-refractivity contribution in [3.05, 3.63) is 101 Å². The maximum atomic E-state index is 12.6. The van der Waals surface area contributed by atoms with Gasteiger partial charge in [-0.15, -0.1) is 4.68 Å². The van der Waals surface area contributed by atoms with Gasteiger partial charge in [0.25, 0.3) is 11.5 Å². The third-order valence-electron chi connectivity index (χ3n) is 4.60. The Hall–Kier alpha value is -3.21. The molecule has 2 N–H and O–H groups in total. The van der Waals surface area contributed by atoms with Crippen LogP contribution >= 0.6 is 43.5 Å². The highest BCUT2D eigenvalue weighted by molar-refractivity contribution is 9.11. The standard InChI is InChI=1S/C23H15Br2ClN4O4/c24-17-9-13(11-27-30-22(32)16-3-1-2-4-19(16)29-23(30)33)10-18(25)21(17)34-12-20(31)28-15-7-5-14(26)6-8-15/h1-11H,12H2,(H,28,31)(H,29,33). The van der Waals surface area contributed by atoms with Gasteiger partial charge in [-0.3, -0.25) is 9.59 Å². The average Bonchev–Trinajstić information content (AvgIpc) is 2.80. The second kappa shape index (κ2) is 10.4. The fraction of sp³-hybridized carbons (Fsp3) is 0.0435. The predicted molar refractivity (Wildman–Crippen MR) is 139 cm³/mol. The summed E-state index contributed by atoms with van der Waals surface area (Å²) in [5.41, 5.74) is 0.443. The van der Waals surface area contributed by atoms with E-state index in [2.05, 4.69) is 47.3 Å². The minimum atomic E-state index is -0.648. The van der Waals surface area contributed by atoms with E-state index >= 15 is 0 Å². The number of ether oxygens (including phenoxy) is 1. The molecule has 0 atom stereocenters. The molecule has 0 aliphatic rings. The van der Waals surface area contributed by atoms with Crippen molar-refractivity contribution in [3.63, 3.8) is 0 Å². The number of para-hydroxylation sites is 1. The summed E-state index contributed by atoms with van der Waals surface area (Å²) in [6.45, 7) is -0.227. The topological polar surface area (TPSA) is 106 Å². The molecule has 1 heterocycles. The number of hydrogen-bond acceptors (Lipinski definition) is 5. The number of benzene rings is 3. The monoisotopic (exact) mass is 604 g/mol. The number of fused-ring (bicyclic) bond motifs is 1. The molecule has 11 heteroatoms. The van der Waals surface area contributed by atoms with Gasteiger partial charge in [-0.05, 0) is 86.0 Å². The maximum absolute atomic E-state index is 12.6. The Bertz CT molecular complexity index is 1510. The van der Waals surface area contributed by atoms with Gasteiger partial charge in [-0.1, -0.05) is 23.7 Å². The number of nitrogens with one attached hydrogen (secondary N) is 2. The van der Waals surface area contributed by atoms with Crippen LogP contribution in [-0.4, -0.2) is 28.4 Å². The minimum Gasteiger partial charge on any atom is -0.481 e. The number of H-pyrrole nitrogens is 1. The number of hydrogen-bond donors (Lipinski definition) is 2. The number of amides is 1. The smallest absolute Gasteiger partial charge is 0.349 e. The predicted octanol–water partition coefficient (Wildman–Crippen LogP) is 4.77. The maximum Gasteiger partial charge on any atom is 0.349 e. The van der Waals surface area contributed by atoms with E-state index in [9.17, 15) is 14.4 Å². The van der Waals surface area contributed by atoms with E-state index in [1.165, 1.54) is 6.21 Å². The molecule has 4 aromatic rings. The summed E-state index contributed by atoms with van der Waals surface area (Å²) in [5.74, 6) is 0.0609. The fourth-order valence-corrected chi connectivity index (χ4v) is 4.62. The van der Waals surface area contributed by atoms with Crippen molar-refractivity contribution in [2.45, 2.75) is 0 Å². The molecule has 1 aromatic heterocycles. The number of aromatic nitrogens is 2. The van der Waals surface area contributed by atoms with Crippen LogP contribution < -0.4 is 21.3 Å². The van der Waals surface area contributed by atoms with Gasteiger partial charge in [0.1, 0.15) is 5.75 Å². The molecule has 0 saturated carbocycles. The van der Waals surface area contributed by atoms with Crippen LogP contribution in [-0.2, 0) is 4.79 Å². The summed E-state index contributed by atoms with van der Waals surface area (Å²) >= 11 is 12.7. The lowest BCUT2D eigenvalue weighted by molar-refractivity contribution is -0.118. The molecule has 0 saturated heterocycles. The zero-order valence-corrected chi connectivity index (χ0v) is 21.1. The van der Waals surface area contributed by atoms with Crippen molar-refractivity contribution in [3.8, 4) is 5.75 Å². The molecule has 4 rings (SSSR count). The van der Waals surface area contributed by atoms with E-state index in [4.69, 9.17) is 16.3 Å². The Morgan fingerprint density at radius 2 is 1.76 bits per heavy atom. The number of halogens is 3. The zero-order valence-electron chi connectivity index (χ0n) is 17.2. The van der Waals surface area contributed by atoms with Crippen LogP contribution in [0.15, 0.2) is 84.3 Å². The highest BCUT2D eigenvalue weighted by Crippen LogP contribution is 2.34. The Labute approximate surface area is 214 Å². The molecule has 0 aliphatic heterocycles. The molecule has 172 valence electrons. The first kappa shape index (κ1) is 23.9. The second-order valence-corrected chi connectivity index (χ2v) is 9.14. The van der Waals surface area contributed by atoms with Gasteiger partial charge in [0.15, 0.2) is 6.61 Å². The molecule has 8 nitrogen and oxygen atoms in total. The van der Waals surface area contributed by atoms with Gasteiger partial charge in [-0.2, -0.15) is 5.10 Å². The van der Waals surface area contributed by atoms with E-state index in [1.807, 2.05) is 0 Å². The quantitative estimate of drug-likeness (QED) is 0.309. The van der Waals surface area contributed by atoms with Gasteiger partial charge >= 0.3 is 5.69 Å². The third kappa shape index (κ3) is 5.46. The molecule has 0 spiro atoms. The van der Waals surface area contributed by atoms with Gasteiger partial charge in [0, 0.05) is 10.7 Å². The molecule has 0 fully saturated rings. The summed E-state index contributed by atoms with van der Waals surface area (Å²) in [7, 11) is 0. The number of rotatable bonds is 6. The second-order valence-electron chi connectivity index (χ2n) is 6.99. The number of carbonyl (C=O) groups excluding carboxylic acids is 1. The first-order valence-electron chi connectivity index (χ1n) is 9.77. The lowest BCUT2D eigenvalue weighted by Crippen LogP contribution is -2.32. The first-order valence-corrected chi connectivity index (χ1v) is 11.7. The molecule has 1 amide bonds. The molecule has 34 heavy (non-hydrogen) atoms. The largest absolute Gasteiger partial charge is 0.481 e. The zero-order chi connectivity index (χ0) is 24.2. The summed E-state index contributed by atoms with van der Waals surface area (Å²) in [4.78, 5) is 39.7. The van der Waals surface area contributed by atoms with Crippen LogP contribution in [0, 0.1) is 0 Å². The molecule has 3 aromatic carbocycles. The minimum absolute atomic E-state index is 0.227. The van der Waals surface area contributed by atoms with E-state index in [0.717, 1.165) is 4.68 Å². The van der Waals surface area contributed by atoms with E-state index in [0.29, 0.717) is 41.9 Å². The van der Waals surface area contributed by atoms with E-state index < -0.39 is 11.2 Å². The van der Waals surface area contributed by atoms with Crippen LogP contribution in [0.3, 0.4) is 0 Å². The average molecular weight is 607 g/mol. The molecular weight excluding hydrogens is 592 g/mol. The molecule has 0 unspecified atom stereocenters. The van der Waals surface area contributed by atoms with Crippen molar-refractivity contribution in [1.82, 2.24) is 9.66 Å². The van der Waals surface area contributed by atoms with Crippen molar-refractivity contribution in [2.75, 3.05) is 11.9 Å². The number of aromatic amines is 1. The molecule has 0 aliphatic carbocycles. The normalized spacial score (nSPS) is 11.1. The summed E-state index contributed by atoms with van der Waals surface area (Å²) in [6.07, 6.45) is 1.37. The lowest BCUT2D eigenvalue weighted by atomic mass is 10.2. The Morgan fingerprint density at radius 1 is 1.09 bits per heavy atom. The first-order chi connectivity index (χ1) is 16.3. The van der Waals surface area contributed by atoms with Crippen LogP contribution in [0.1, 0.15) is 5.56 Å². The lowest BCUT2D eigenvalue weighted by Gasteiger charge is -2.11. The summed E-state index contributed by atoms with van der Waals surface area (Å²) < 4.78 is 7.49. The van der Waals surface area contributed by atoms with Crippen molar-refractivity contribution >= 4 is 72.2 Å². The Kier molecular flexibility index (Phi) is 7.30. The van der Waals surface area contributed by atoms with Crippen LogP contribution in [0.2, 0.25) is 5.02 Å². The Morgan fingerprint density at radius 3 is 2.47 bits per heavy atom. The number of anilines is 1. The highest BCUT2D eigenvalue weighted by Gasteiger charge is 2.12. The van der Waals surface area contributed by atoms with Crippen LogP contribution in [0.25, 0.3) is 10.9 Å². The molecular formula is C23H15Br2ClN4O4. The summed E-state index contributed by atoms with van der Waals surface area (Å²) in [5, 5.41) is 7.68. The highest BCUT2D eigenvalue weighted by atomic mass is 79.9. The third-order valence-corrected chi connectivity index (χ3v) is 6.03. The van der Waals surface area contributed by atoms with Gasteiger partial charge in [0.2, 0.25) is 0 Å². The van der Waals surface area contributed by atoms with E-state index in [1.54, 1.807) is 60.7 Å². The van der Waals surface area contributed by atoms with E-state index in [-0.39, 0.29) is 12.5 Å². The van der Waals surface area contributed by atoms with Gasteiger partial charge in [-0.25, -0.2) is 4.79 Å². The number of carbonyl (C=O) groups is 1. The number of nitrogens with zero attached hydrogens (tertiary/aromatic N) is 2. The summed E-state index contributed by atoms with van der Waals surface area (Å²) in [6, 6.07) is 16.8. The van der Waals surface area contributed by atoms with Crippen LogP contribution in [0.4, 0.5) is 5.69 Å². The van der Waals surface area contributed by atoms with Gasteiger partial charge in [0.05, 0.1) is 26.1 Å². The molecule has 0 radical (unpaired) electrons. The molecule has 0 bridgehead atoms.